The Kier molecular flexibility index (Phi) is 9.13. The smallest absolute Gasteiger partial charge is 0.264 e. The van der Waals surface area contributed by atoms with E-state index in [9.17, 15) is 18.0 Å². The van der Waals surface area contributed by atoms with Crippen molar-refractivity contribution in [2.75, 3.05) is 30.4 Å². The van der Waals surface area contributed by atoms with Gasteiger partial charge in [-0.25, -0.2) is 8.42 Å². The standard InChI is InChI=1S/C27H31N3O6S/c1-5-19(2)28-27(32)22-13-9-10-14-23(22)29-26(31)18-30(37(33,34)21-11-7-6-8-12-21)24-17-20(35-3)15-16-25(24)36-4/h6-17,19H,5,18H2,1-4H3,(H,28,32)(H,29,31)/t19-/m1/s1. The van der Waals surface area contributed by atoms with Crippen LogP contribution in [0.3, 0.4) is 0 Å². The number of nitrogens with zero attached hydrogens (tertiary/aromatic N) is 1. The molecule has 3 aromatic rings. The monoisotopic (exact) mass is 525 g/mol. The van der Waals surface area contributed by atoms with E-state index in [4.69, 9.17) is 9.47 Å². The molecule has 9 nitrogen and oxygen atoms in total. The van der Waals surface area contributed by atoms with Crippen LogP contribution in [0.4, 0.5) is 11.4 Å². The van der Waals surface area contributed by atoms with Crippen LogP contribution in [0.2, 0.25) is 0 Å². The van der Waals surface area contributed by atoms with Gasteiger partial charge < -0.3 is 20.1 Å². The number of methoxy groups -OCH3 is 2. The Morgan fingerprint density at radius 2 is 1.62 bits per heavy atom. The normalized spacial score (nSPS) is 11.8. The van der Waals surface area contributed by atoms with Crippen LogP contribution < -0.4 is 24.4 Å². The second-order valence-corrected chi connectivity index (χ2v) is 10.1. The van der Waals surface area contributed by atoms with Gasteiger partial charge in [0.1, 0.15) is 18.0 Å². The molecule has 0 fully saturated rings. The maximum absolute atomic E-state index is 13.7. The summed E-state index contributed by atoms with van der Waals surface area (Å²) in [5.74, 6) is -0.361. The lowest BCUT2D eigenvalue weighted by atomic mass is 10.1. The molecule has 0 spiro atoms. The zero-order valence-corrected chi connectivity index (χ0v) is 22.0. The SMILES string of the molecule is CC[C@@H](C)NC(=O)c1ccccc1NC(=O)CN(c1cc(OC)ccc1OC)S(=O)(=O)c1ccccc1. The van der Waals surface area contributed by atoms with Gasteiger partial charge in [0, 0.05) is 12.1 Å². The fraction of sp³-hybridized carbons (Fsp3) is 0.259. The topological polar surface area (TPSA) is 114 Å². The molecule has 37 heavy (non-hydrogen) atoms. The minimum absolute atomic E-state index is 0.000930. The Balaban J connectivity index is 1.99. The molecule has 0 radical (unpaired) electrons. The summed E-state index contributed by atoms with van der Waals surface area (Å²) in [5, 5.41) is 5.57. The molecule has 3 rings (SSSR count). The Bertz CT molecular complexity index is 1350. The molecule has 0 saturated heterocycles. The van der Waals surface area contributed by atoms with Crippen molar-refractivity contribution in [3.63, 3.8) is 0 Å². The number of carbonyl (C=O) groups is 2. The van der Waals surface area contributed by atoms with E-state index in [-0.39, 0.29) is 39.5 Å². The van der Waals surface area contributed by atoms with Gasteiger partial charge in [-0.15, -0.1) is 0 Å². The molecule has 0 aromatic heterocycles. The van der Waals surface area contributed by atoms with Crippen LogP contribution in [0.25, 0.3) is 0 Å². The molecule has 0 heterocycles. The van der Waals surface area contributed by atoms with Gasteiger partial charge in [0.05, 0.1) is 36.1 Å². The molecule has 2 N–H and O–H groups in total. The van der Waals surface area contributed by atoms with Gasteiger partial charge in [0.25, 0.3) is 15.9 Å². The van der Waals surface area contributed by atoms with Crippen molar-refractivity contribution < 1.29 is 27.5 Å². The number of amides is 2. The van der Waals surface area contributed by atoms with Crippen LogP contribution >= 0.6 is 0 Å². The molecule has 10 heteroatoms. The van der Waals surface area contributed by atoms with E-state index >= 15 is 0 Å². The minimum Gasteiger partial charge on any atom is -0.497 e. The Morgan fingerprint density at radius 3 is 2.27 bits per heavy atom. The lowest BCUT2D eigenvalue weighted by Crippen LogP contribution is -2.39. The van der Waals surface area contributed by atoms with Gasteiger partial charge >= 0.3 is 0 Å². The summed E-state index contributed by atoms with van der Waals surface area (Å²) in [7, 11) is -1.33. The maximum atomic E-state index is 13.7. The van der Waals surface area contributed by atoms with Crippen LogP contribution in [0.1, 0.15) is 30.6 Å². The molecular weight excluding hydrogens is 494 g/mol. The fourth-order valence-corrected chi connectivity index (χ4v) is 4.97. The van der Waals surface area contributed by atoms with Crippen molar-refractivity contribution >= 4 is 33.2 Å². The maximum Gasteiger partial charge on any atom is 0.264 e. The van der Waals surface area contributed by atoms with Crippen molar-refractivity contribution in [3.05, 3.63) is 78.4 Å². The summed E-state index contributed by atoms with van der Waals surface area (Å²) in [6.45, 7) is 3.25. The number of ether oxygens (including phenoxy) is 2. The summed E-state index contributed by atoms with van der Waals surface area (Å²) in [6, 6.07) is 19.0. The third kappa shape index (κ3) is 6.59. The molecular formula is C27H31N3O6S. The first kappa shape index (κ1) is 27.5. The number of benzene rings is 3. The molecule has 0 aliphatic heterocycles. The Labute approximate surface area is 217 Å². The summed E-state index contributed by atoms with van der Waals surface area (Å²) < 4.78 is 39.1. The van der Waals surface area contributed by atoms with E-state index in [0.717, 1.165) is 10.7 Å². The van der Waals surface area contributed by atoms with E-state index in [1.165, 1.54) is 32.4 Å². The van der Waals surface area contributed by atoms with E-state index < -0.39 is 22.5 Å². The van der Waals surface area contributed by atoms with Crippen molar-refractivity contribution in [1.29, 1.82) is 0 Å². The number of hydrogen-bond donors (Lipinski definition) is 2. The molecule has 3 aromatic carbocycles. The molecule has 0 aliphatic rings. The van der Waals surface area contributed by atoms with Crippen molar-refractivity contribution in [3.8, 4) is 11.5 Å². The second kappa shape index (κ2) is 12.3. The summed E-state index contributed by atoms with van der Waals surface area (Å²) in [5.41, 5.74) is 0.666. The van der Waals surface area contributed by atoms with Crippen LogP contribution in [-0.4, -0.2) is 47.0 Å². The van der Waals surface area contributed by atoms with Gasteiger partial charge in [-0.05, 0) is 49.7 Å². The van der Waals surface area contributed by atoms with Crippen molar-refractivity contribution in [2.45, 2.75) is 31.2 Å². The first-order chi connectivity index (χ1) is 17.7. The molecule has 196 valence electrons. The summed E-state index contributed by atoms with van der Waals surface area (Å²) in [6.07, 6.45) is 0.745. The van der Waals surface area contributed by atoms with E-state index in [0.29, 0.717) is 5.75 Å². The lowest BCUT2D eigenvalue weighted by Gasteiger charge is -2.26. The summed E-state index contributed by atoms with van der Waals surface area (Å²) >= 11 is 0. The highest BCUT2D eigenvalue weighted by molar-refractivity contribution is 7.92. The van der Waals surface area contributed by atoms with Gasteiger partial charge in [-0.3, -0.25) is 13.9 Å². The number of hydrogen-bond acceptors (Lipinski definition) is 6. The average molecular weight is 526 g/mol. The van der Waals surface area contributed by atoms with Gasteiger partial charge in [0.2, 0.25) is 5.91 Å². The molecule has 0 aliphatic carbocycles. The number of carbonyl (C=O) groups excluding carboxylic acids is 2. The largest absolute Gasteiger partial charge is 0.497 e. The van der Waals surface area contributed by atoms with E-state index in [1.54, 1.807) is 54.6 Å². The Morgan fingerprint density at radius 1 is 0.946 bits per heavy atom. The highest BCUT2D eigenvalue weighted by atomic mass is 32.2. The second-order valence-electron chi connectivity index (χ2n) is 8.24. The van der Waals surface area contributed by atoms with Crippen molar-refractivity contribution in [1.82, 2.24) is 5.32 Å². The predicted molar refractivity (Wildman–Crippen MR) is 143 cm³/mol. The average Bonchev–Trinajstić information content (AvgIpc) is 2.91. The molecule has 1 atom stereocenters. The first-order valence-corrected chi connectivity index (χ1v) is 13.1. The van der Waals surface area contributed by atoms with Crippen molar-refractivity contribution in [2.24, 2.45) is 0 Å². The van der Waals surface area contributed by atoms with Gasteiger partial charge in [-0.1, -0.05) is 37.3 Å². The Hall–Kier alpha value is -4.05. The third-order valence-corrected chi connectivity index (χ3v) is 7.48. The number of rotatable bonds is 11. The zero-order chi connectivity index (χ0) is 27.0. The van der Waals surface area contributed by atoms with Gasteiger partial charge in [-0.2, -0.15) is 0 Å². The quantitative estimate of drug-likeness (QED) is 0.390. The fourth-order valence-electron chi connectivity index (χ4n) is 3.52. The first-order valence-electron chi connectivity index (χ1n) is 11.7. The van der Waals surface area contributed by atoms with E-state index in [2.05, 4.69) is 10.6 Å². The highest BCUT2D eigenvalue weighted by Gasteiger charge is 2.30. The number of sulfonamides is 1. The molecule has 2 amide bonds. The van der Waals surface area contributed by atoms with Crippen LogP contribution in [0.5, 0.6) is 11.5 Å². The minimum atomic E-state index is -4.19. The molecule has 0 unspecified atom stereocenters. The molecule has 0 bridgehead atoms. The third-order valence-electron chi connectivity index (χ3n) is 5.71. The van der Waals surface area contributed by atoms with Gasteiger partial charge in [0.15, 0.2) is 0 Å². The highest BCUT2D eigenvalue weighted by Crippen LogP contribution is 2.35. The lowest BCUT2D eigenvalue weighted by molar-refractivity contribution is -0.114. The van der Waals surface area contributed by atoms with Crippen LogP contribution in [-0.2, 0) is 14.8 Å². The number of nitrogens with one attached hydrogen (secondary N) is 2. The van der Waals surface area contributed by atoms with Crippen LogP contribution in [0, 0.1) is 0 Å². The van der Waals surface area contributed by atoms with Crippen LogP contribution in [0.15, 0.2) is 77.7 Å². The van der Waals surface area contributed by atoms with E-state index in [1.807, 2.05) is 13.8 Å². The molecule has 0 saturated carbocycles. The number of para-hydroxylation sites is 1. The predicted octanol–water partition coefficient (Wildman–Crippen LogP) is 4.07. The number of anilines is 2. The summed E-state index contributed by atoms with van der Waals surface area (Å²) in [4.78, 5) is 26.0. The zero-order valence-electron chi connectivity index (χ0n) is 21.2.